The van der Waals surface area contributed by atoms with Crippen molar-refractivity contribution in [1.82, 2.24) is 14.7 Å². The summed E-state index contributed by atoms with van der Waals surface area (Å²) >= 11 is 0. The molecule has 7 nitrogen and oxygen atoms in total. The van der Waals surface area contributed by atoms with Crippen LogP contribution in [0.3, 0.4) is 0 Å². The summed E-state index contributed by atoms with van der Waals surface area (Å²) in [5, 5.41) is 0. The van der Waals surface area contributed by atoms with Crippen LogP contribution in [0.15, 0.2) is 0 Å². The standard InChI is InChI=1S/C18H33N3O4/c1-19(11-13-23-2)9-10-21-15-18(25-17(21)22)5-7-20(8-6-18)16-4-3-12-24-14-16/h16H,3-15H2,1-2H3/t16-/m1/s1. The number of likely N-dealkylation sites (tertiary alicyclic amines) is 1. The van der Waals surface area contributed by atoms with Crippen molar-refractivity contribution < 1.29 is 19.0 Å². The Bertz CT molecular complexity index is 434. The Hall–Kier alpha value is -0.890. The average Bonchev–Trinajstić information content (AvgIpc) is 2.94. The second-order valence-electron chi connectivity index (χ2n) is 7.68. The predicted molar refractivity (Wildman–Crippen MR) is 94.8 cm³/mol. The van der Waals surface area contributed by atoms with E-state index >= 15 is 0 Å². The average molecular weight is 355 g/mol. The molecule has 0 aliphatic carbocycles. The molecule has 3 rings (SSSR count). The Morgan fingerprint density at radius 3 is 2.80 bits per heavy atom. The summed E-state index contributed by atoms with van der Waals surface area (Å²) in [7, 11) is 3.77. The van der Waals surface area contributed by atoms with Crippen molar-refractivity contribution in [2.45, 2.75) is 37.3 Å². The second kappa shape index (κ2) is 8.66. The van der Waals surface area contributed by atoms with Crippen molar-refractivity contribution in [2.24, 2.45) is 0 Å². The molecule has 3 heterocycles. The third-order valence-corrected chi connectivity index (χ3v) is 5.83. The second-order valence-corrected chi connectivity index (χ2v) is 7.68. The number of piperidine rings is 1. The van der Waals surface area contributed by atoms with Gasteiger partial charge in [-0.2, -0.15) is 0 Å². The zero-order chi connectivity index (χ0) is 17.7. The molecular formula is C18H33N3O4. The molecule has 1 atom stereocenters. The van der Waals surface area contributed by atoms with E-state index < -0.39 is 0 Å². The van der Waals surface area contributed by atoms with Crippen molar-refractivity contribution in [3.05, 3.63) is 0 Å². The number of ether oxygens (including phenoxy) is 3. The van der Waals surface area contributed by atoms with Gasteiger partial charge in [0.15, 0.2) is 0 Å². The number of likely N-dealkylation sites (N-methyl/N-ethyl adjacent to an activating group) is 1. The maximum absolute atomic E-state index is 12.3. The van der Waals surface area contributed by atoms with E-state index in [0.717, 1.165) is 71.7 Å². The highest BCUT2D eigenvalue weighted by Crippen LogP contribution is 2.34. The van der Waals surface area contributed by atoms with E-state index in [0.29, 0.717) is 12.6 Å². The minimum Gasteiger partial charge on any atom is -0.441 e. The van der Waals surface area contributed by atoms with Crippen LogP contribution in [0.25, 0.3) is 0 Å². The lowest BCUT2D eigenvalue weighted by Crippen LogP contribution is -2.52. The highest BCUT2D eigenvalue weighted by molar-refractivity contribution is 5.70. The first-order valence-corrected chi connectivity index (χ1v) is 9.59. The smallest absolute Gasteiger partial charge is 0.410 e. The molecule has 0 aromatic carbocycles. The lowest BCUT2D eigenvalue weighted by molar-refractivity contribution is -0.0389. The molecule has 0 radical (unpaired) electrons. The summed E-state index contributed by atoms with van der Waals surface area (Å²) in [5.74, 6) is 0. The molecule has 0 aromatic heterocycles. The van der Waals surface area contributed by atoms with Crippen LogP contribution in [-0.4, -0.2) is 106 Å². The molecule has 3 saturated heterocycles. The summed E-state index contributed by atoms with van der Waals surface area (Å²) in [6, 6.07) is 0.550. The summed E-state index contributed by atoms with van der Waals surface area (Å²) in [6.07, 6.45) is 4.11. The van der Waals surface area contributed by atoms with Crippen LogP contribution in [-0.2, 0) is 14.2 Å². The molecule has 0 bridgehead atoms. The molecule has 3 aliphatic heterocycles. The van der Waals surface area contributed by atoms with Gasteiger partial charge in [-0.05, 0) is 19.9 Å². The summed E-state index contributed by atoms with van der Waals surface area (Å²) in [6.45, 7) is 7.66. The van der Waals surface area contributed by atoms with Crippen molar-refractivity contribution in [2.75, 3.05) is 73.2 Å². The third-order valence-electron chi connectivity index (χ3n) is 5.83. The van der Waals surface area contributed by atoms with E-state index in [4.69, 9.17) is 14.2 Å². The number of carbonyl (C=O) groups excluding carboxylic acids is 1. The molecule has 3 aliphatic rings. The van der Waals surface area contributed by atoms with Gasteiger partial charge in [0.05, 0.1) is 19.8 Å². The quantitative estimate of drug-likeness (QED) is 0.680. The minimum absolute atomic E-state index is 0.144. The van der Waals surface area contributed by atoms with E-state index in [1.165, 1.54) is 6.42 Å². The normalized spacial score (nSPS) is 27.2. The molecule has 1 spiro atoms. The predicted octanol–water partition coefficient (Wildman–Crippen LogP) is 1.03. The van der Waals surface area contributed by atoms with Crippen molar-refractivity contribution in [3.63, 3.8) is 0 Å². The Balaban J connectivity index is 1.44. The van der Waals surface area contributed by atoms with Crippen LogP contribution in [0, 0.1) is 0 Å². The molecule has 25 heavy (non-hydrogen) atoms. The fourth-order valence-electron chi connectivity index (χ4n) is 4.08. The number of hydrogen-bond acceptors (Lipinski definition) is 6. The van der Waals surface area contributed by atoms with E-state index in [1.807, 2.05) is 4.90 Å². The maximum atomic E-state index is 12.3. The fraction of sp³-hybridized carbons (Fsp3) is 0.944. The minimum atomic E-state index is -0.270. The maximum Gasteiger partial charge on any atom is 0.410 e. The van der Waals surface area contributed by atoms with Crippen molar-refractivity contribution >= 4 is 6.09 Å². The topological polar surface area (TPSA) is 54.5 Å². The van der Waals surface area contributed by atoms with Gasteiger partial charge in [0.25, 0.3) is 0 Å². The van der Waals surface area contributed by atoms with E-state index in [2.05, 4.69) is 16.8 Å². The van der Waals surface area contributed by atoms with Crippen LogP contribution in [0.2, 0.25) is 0 Å². The van der Waals surface area contributed by atoms with Gasteiger partial charge in [0.2, 0.25) is 0 Å². The first-order valence-electron chi connectivity index (χ1n) is 9.59. The number of carbonyl (C=O) groups is 1. The lowest BCUT2D eigenvalue weighted by atomic mass is 9.90. The van der Waals surface area contributed by atoms with Gasteiger partial charge in [0, 0.05) is 65.3 Å². The van der Waals surface area contributed by atoms with Crippen LogP contribution in [0.5, 0.6) is 0 Å². The highest BCUT2D eigenvalue weighted by Gasteiger charge is 2.47. The van der Waals surface area contributed by atoms with E-state index in [-0.39, 0.29) is 11.7 Å². The SMILES string of the molecule is COCCN(C)CCN1CC2(CCN([C@@H]3CCCOC3)CC2)OC1=O. The van der Waals surface area contributed by atoms with Crippen LogP contribution < -0.4 is 0 Å². The van der Waals surface area contributed by atoms with Gasteiger partial charge in [0.1, 0.15) is 5.60 Å². The van der Waals surface area contributed by atoms with E-state index in [1.54, 1.807) is 7.11 Å². The number of hydrogen-bond donors (Lipinski definition) is 0. The third kappa shape index (κ3) is 4.84. The number of methoxy groups -OCH3 is 1. The number of amides is 1. The molecular weight excluding hydrogens is 322 g/mol. The molecule has 1 amide bonds. The van der Waals surface area contributed by atoms with Crippen molar-refractivity contribution in [3.8, 4) is 0 Å². The Labute approximate surface area is 151 Å². The molecule has 144 valence electrons. The molecule has 0 saturated carbocycles. The Morgan fingerprint density at radius 1 is 1.32 bits per heavy atom. The van der Waals surface area contributed by atoms with Gasteiger partial charge in [-0.3, -0.25) is 4.90 Å². The molecule has 3 fully saturated rings. The molecule has 0 unspecified atom stereocenters. The van der Waals surface area contributed by atoms with Gasteiger partial charge in [-0.25, -0.2) is 4.79 Å². The highest BCUT2D eigenvalue weighted by atomic mass is 16.6. The summed E-state index contributed by atoms with van der Waals surface area (Å²) in [4.78, 5) is 18.9. The van der Waals surface area contributed by atoms with Gasteiger partial charge in [-0.15, -0.1) is 0 Å². The Kier molecular flexibility index (Phi) is 6.55. The fourth-order valence-corrected chi connectivity index (χ4v) is 4.08. The van der Waals surface area contributed by atoms with Gasteiger partial charge < -0.3 is 24.0 Å². The Morgan fingerprint density at radius 2 is 2.12 bits per heavy atom. The molecule has 0 N–H and O–H groups in total. The van der Waals surface area contributed by atoms with Crippen LogP contribution in [0.4, 0.5) is 4.79 Å². The largest absolute Gasteiger partial charge is 0.441 e. The number of nitrogens with zero attached hydrogens (tertiary/aromatic N) is 3. The summed E-state index contributed by atoms with van der Waals surface area (Å²) < 4.78 is 16.6. The summed E-state index contributed by atoms with van der Waals surface area (Å²) in [5.41, 5.74) is -0.270. The van der Waals surface area contributed by atoms with Crippen LogP contribution in [0.1, 0.15) is 25.7 Å². The van der Waals surface area contributed by atoms with E-state index in [9.17, 15) is 4.79 Å². The van der Waals surface area contributed by atoms with Crippen LogP contribution >= 0.6 is 0 Å². The monoisotopic (exact) mass is 355 g/mol. The van der Waals surface area contributed by atoms with Gasteiger partial charge >= 0.3 is 6.09 Å². The molecule has 0 aromatic rings. The van der Waals surface area contributed by atoms with Crippen molar-refractivity contribution in [1.29, 1.82) is 0 Å². The zero-order valence-corrected chi connectivity index (χ0v) is 15.7. The zero-order valence-electron chi connectivity index (χ0n) is 15.7. The lowest BCUT2D eigenvalue weighted by Gasteiger charge is -2.42. The first-order chi connectivity index (χ1) is 12.1. The first kappa shape index (κ1) is 18.9. The van der Waals surface area contributed by atoms with Gasteiger partial charge in [-0.1, -0.05) is 0 Å². The number of rotatable bonds is 7. The molecule has 7 heteroatoms.